The van der Waals surface area contributed by atoms with E-state index in [0.29, 0.717) is 18.8 Å². The molecule has 0 saturated heterocycles. The quantitative estimate of drug-likeness (QED) is 0.659. The van der Waals surface area contributed by atoms with Gasteiger partial charge in [0.2, 0.25) is 0 Å². The van der Waals surface area contributed by atoms with Crippen LogP contribution in [0, 0.1) is 13.8 Å². The molecule has 92 valence electrons. The fraction of sp³-hybridized carbons (Fsp3) is 0.333. The van der Waals surface area contributed by atoms with Gasteiger partial charge in [0.1, 0.15) is 0 Å². The molecule has 5 heteroatoms. The molecule has 0 spiro atoms. The molecule has 0 aliphatic carbocycles. The third-order valence-corrected chi connectivity index (χ3v) is 2.28. The maximum Gasteiger partial charge on any atom is 0.313 e. The van der Waals surface area contributed by atoms with Gasteiger partial charge < -0.3 is 16.4 Å². The topological polar surface area (TPSA) is 84.2 Å². The van der Waals surface area contributed by atoms with Crippen molar-refractivity contribution in [2.24, 2.45) is 5.73 Å². The summed E-state index contributed by atoms with van der Waals surface area (Å²) >= 11 is 0. The van der Waals surface area contributed by atoms with Crippen molar-refractivity contribution >= 4 is 17.5 Å². The van der Waals surface area contributed by atoms with Gasteiger partial charge in [0.05, 0.1) is 0 Å². The number of amides is 2. The molecule has 0 radical (unpaired) electrons. The van der Waals surface area contributed by atoms with Gasteiger partial charge in [-0.2, -0.15) is 0 Å². The van der Waals surface area contributed by atoms with Crippen molar-refractivity contribution in [3.63, 3.8) is 0 Å². The summed E-state index contributed by atoms with van der Waals surface area (Å²) in [6.07, 6.45) is 0. The smallest absolute Gasteiger partial charge is 0.313 e. The van der Waals surface area contributed by atoms with Gasteiger partial charge in [-0.05, 0) is 31.0 Å². The second kappa shape index (κ2) is 6.00. The van der Waals surface area contributed by atoms with Crippen LogP contribution in [0.1, 0.15) is 11.1 Å². The first kappa shape index (κ1) is 13.2. The number of aryl methyl sites for hydroxylation is 2. The zero-order valence-corrected chi connectivity index (χ0v) is 10.0. The summed E-state index contributed by atoms with van der Waals surface area (Å²) in [6.45, 7) is 4.39. The van der Waals surface area contributed by atoms with Crippen LogP contribution < -0.4 is 16.4 Å². The van der Waals surface area contributed by atoms with E-state index in [2.05, 4.69) is 10.6 Å². The Morgan fingerprint density at radius 2 is 1.94 bits per heavy atom. The summed E-state index contributed by atoms with van der Waals surface area (Å²) in [5.41, 5.74) is 7.81. The van der Waals surface area contributed by atoms with Crippen molar-refractivity contribution in [3.8, 4) is 0 Å². The van der Waals surface area contributed by atoms with E-state index in [4.69, 9.17) is 5.73 Å². The number of anilines is 1. The lowest BCUT2D eigenvalue weighted by Gasteiger charge is -2.09. The molecule has 1 aromatic rings. The maximum absolute atomic E-state index is 11.5. The first-order chi connectivity index (χ1) is 8.04. The predicted octanol–water partition coefficient (Wildman–Crippen LogP) is 0.317. The summed E-state index contributed by atoms with van der Waals surface area (Å²) in [6, 6.07) is 5.66. The molecular weight excluding hydrogens is 218 g/mol. The Morgan fingerprint density at radius 1 is 1.24 bits per heavy atom. The Morgan fingerprint density at radius 3 is 2.59 bits per heavy atom. The SMILES string of the molecule is Cc1ccc(C)c(NC(=O)C(=O)NCCN)c1. The lowest BCUT2D eigenvalue weighted by Crippen LogP contribution is -2.38. The van der Waals surface area contributed by atoms with Gasteiger partial charge >= 0.3 is 11.8 Å². The highest BCUT2D eigenvalue weighted by Gasteiger charge is 2.13. The molecule has 0 bridgehead atoms. The van der Waals surface area contributed by atoms with E-state index in [9.17, 15) is 9.59 Å². The van der Waals surface area contributed by atoms with Crippen LogP contribution in [0.5, 0.6) is 0 Å². The second-order valence-corrected chi connectivity index (χ2v) is 3.82. The van der Waals surface area contributed by atoms with E-state index in [0.717, 1.165) is 11.1 Å². The van der Waals surface area contributed by atoms with Gasteiger partial charge in [-0.15, -0.1) is 0 Å². The average molecular weight is 235 g/mol. The molecule has 0 atom stereocenters. The van der Waals surface area contributed by atoms with Crippen LogP contribution in [0.4, 0.5) is 5.69 Å². The molecule has 0 heterocycles. The Labute approximate surface area is 100 Å². The number of carbonyl (C=O) groups is 2. The molecular formula is C12H17N3O2. The minimum atomic E-state index is -0.674. The largest absolute Gasteiger partial charge is 0.347 e. The van der Waals surface area contributed by atoms with Crippen molar-refractivity contribution in [1.82, 2.24) is 5.32 Å². The Kier molecular flexibility index (Phi) is 4.66. The zero-order chi connectivity index (χ0) is 12.8. The van der Waals surface area contributed by atoms with E-state index >= 15 is 0 Å². The summed E-state index contributed by atoms with van der Waals surface area (Å²) in [5.74, 6) is -1.34. The van der Waals surface area contributed by atoms with Crippen LogP contribution >= 0.6 is 0 Å². The van der Waals surface area contributed by atoms with Gasteiger partial charge in [0.15, 0.2) is 0 Å². The van der Waals surface area contributed by atoms with Crippen LogP contribution in [0.15, 0.2) is 18.2 Å². The molecule has 0 saturated carbocycles. The second-order valence-electron chi connectivity index (χ2n) is 3.82. The highest BCUT2D eigenvalue weighted by atomic mass is 16.2. The minimum absolute atomic E-state index is 0.291. The van der Waals surface area contributed by atoms with E-state index < -0.39 is 11.8 Å². The highest BCUT2D eigenvalue weighted by Crippen LogP contribution is 2.15. The number of nitrogens with two attached hydrogens (primary N) is 1. The zero-order valence-electron chi connectivity index (χ0n) is 10.0. The van der Waals surface area contributed by atoms with Crippen LogP contribution in [-0.4, -0.2) is 24.9 Å². The molecule has 1 aromatic carbocycles. The van der Waals surface area contributed by atoms with Crippen molar-refractivity contribution in [2.75, 3.05) is 18.4 Å². The fourth-order valence-electron chi connectivity index (χ4n) is 1.32. The van der Waals surface area contributed by atoms with Crippen LogP contribution in [-0.2, 0) is 9.59 Å². The molecule has 17 heavy (non-hydrogen) atoms. The Balaban J connectivity index is 2.67. The summed E-state index contributed by atoms with van der Waals surface area (Å²) < 4.78 is 0. The van der Waals surface area contributed by atoms with Gasteiger partial charge in [-0.3, -0.25) is 9.59 Å². The molecule has 0 fully saturated rings. The molecule has 5 nitrogen and oxygen atoms in total. The number of rotatable bonds is 3. The van der Waals surface area contributed by atoms with Gasteiger partial charge in [0.25, 0.3) is 0 Å². The molecule has 0 aromatic heterocycles. The molecule has 0 aliphatic heterocycles. The monoisotopic (exact) mass is 235 g/mol. The highest BCUT2D eigenvalue weighted by molar-refractivity contribution is 6.39. The van der Waals surface area contributed by atoms with Crippen LogP contribution in [0.25, 0.3) is 0 Å². The molecule has 0 unspecified atom stereocenters. The van der Waals surface area contributed by atoms with E-state index in [1.165, 1.54) is 0 Å². The predicted molar refractivity (Wildman–Crippen MR) is 66.6 cm³/mol. The van der Waals surface area contributed by atoms with Crippen LogP contribution in [0.2, 0.25) is 0 Å². The van der Waals surface area contributed by atoms with Gasteiger partial charge in [-0.1, -0.05) is 12.1 Å². The number of benzene rings is 1. The fourth-order valence-corrected chi connectivity index (χ4v) is 1.32. The normalized spacial score (nSPS) is 9.82. The standard InChI is InChI=1S/C12H17N3O2/c1-8-3-4-9(2)10(7-8)15-12(17)11(16)14-6-5-13/h3-4,7H,5-6,13H2,1-2H3,(H,14,16)(H,15,17). The lowest BCUT2D eigenvalue weighted by molar-refractivity contribution is -0.136. The lowest BCUT2D eigenvalue weighted by atomic mass is 10.1. The van der Waals surface area contributed by atoms with E-state index in [1.807, 2.05) is 32.0 Å². The van der Waals surface area contributed by atoms with Crippen LogP contribution in [0.3, 0.4) is 0 Å². The first-order valence-electron chi connectivity index (χ1n) is 5.41. The summed E-state index contributed by atoms with van der Waals surface area (Å²) in [5, 5.41) is 4.98. The molecule has 4 N–H and O–H groups in total. The Bertz CT molecular complexity index is 430. The first-order valence-corrected chi connectivity index (χ1v) is 5.41. The van der Waals surface area contributed by atoms with E-state index in [-0.39, 0.29) is 0 Å². The van der Waals surface area contributed by atoms with Crippen molar-refractivity contribution in [3.05, 3.63) is 29.3 Å². The number of carbonyl (C=O) groups excluding carboxylic acids is 2. The average Bonchev–Trinajstić information content (AvgIpc) is 2.30. The number of hydrogen-bond acceptors (Lipinski definition) is 3. The number of hydrogen-bond donors (Lipinski definition) is 3. The summed E-state index contributed by atoms with van der Waals surface area (Å²) in [7, 11) is 0. The molecule has 2 amide bonds. The van der Waals surface area contributed by atoms with Crippen molar-refractivity contribution in [2.45, 2.75) is 13.8 Å². The minimum Gasteiger partial charge on any atom is -0.347 e. The third-order valence-electron chi connectivity index (χ3n) is 2.28. The van der Waals surface area contributed by atoms with Crippen molar-refractivity contribution < 1.29 is 9.59 Å². The van der Waals surface area contributed by atoms with E-state index in [1.54, 1.807) is 0 Å². The molecule has 0 aliphatic rings. The van der Waals surface area contributed by atoms with Gasteiger partial charge in [0, 0.05) is 18.8 Å². The third kappa shape index (κ3) is 3.88. The van der Waals surface area contributed by atoms with Gasteiger partial charge in [-0.25, -0.2) is 0 Å². The summed E-state index contributed by atoms with van der Waals surface area (Å²) in [4.78, 5) is 22.8. The van der Waals surface area contributed by atoms with Crippen molar-refractivity contribution in [1.29, 1.82) is 0 Å². The number of nitrogens with one attached hydrogen (secondary N) is 2. The maximum atomic E-state index is 11.5. The Hall–Kier alpha value is -1.88. The molecule has 1 rings (SSSR count).